The minimum absolute atomic E-state index is 0.0140. The van der Waals surface area contributed by atoms with Crippen LogP contribution in [0.4, 0.5) is 18.0 Å². The highest BCUT2D eigenvalue weighted by atomic mass is 19.4. The van der Waals surface area contributed by atoms with Crippen molar-refractivity contribution in [2.75, 3.05) is 19.7 Å². The summed E-state index contributed by atoms with van der Waals surface area (Å²) in [4.78, 5) is 10.0. The average Bonchev–Trinajstić information content (AvgIpc) is 2.00. The first-order chi connectivity index (χ1) is 6.42. The third-order valence-corrected chi connectivity index (χ3v) is 1.34. The highest BCUT2D eigenvalue weighted by Gasteiger charge is 2.25. The van der Waals surface area contributed by atoms with Crippen molar-refractivity contribution in [3.63, 3.8) is 0 Å². The Morgan fingerprint density at radius 1 is 1.36 bits per heavy atom. The molecule has 3 N–H and O–H groups in total. The van der Waals surface area contributed by atoms with Crippen LogP contribution in [-0.2, 0) is 4.74 Å². The molecule has 14 heavy (non-hydrogen) atoms. The zero-order chi connectivity index (χ0) is 11.0. The van der Waals surface area contributed by atoms with Gasteiger partial charge in [-0.3, -0.25) is 0 Å². The Hall–Kier alpha value is -0.980. The molecule has 0 radical (unpaired) electrons. The lowest BCUT2D eigenvalue weighted by Gasteiger charge is -2.06. The van der Waals surface area contributed by atoms with Crippen LogP contribution in [0.2, 0.25) is 0 Å². The molecule has 0 spiro atoms. The fourth-order valence-corrected chi connectivity index (χ4v) is 0.763. The number of alkyl halides is 3. The normalized spacial score (nSPS) is 11.4. The molecule has 0 atom stereocenters. The molecule has 0 fully saturated rings. The maximum Gasteiger partial charge on any atom is 0.404 e. The van der Waals surface area contributed by atoms with Crippen molar-refractivity contribution >= 4 is 6.09 Å². The van der Waals surface area contributed by atoms with Crippen molar-refractivity contribution in [3.05, 3.63) is 0 Å². The predicted octanol–water partition coefficient (Wildman–Crippen LogP) is 1.01. The number of amides is 1. The van der Waals surface area contributed by atoms with Crippen molar-refractivity contribution in [2.45, 2.75) is 19.0 Å². The second kappa shape index (κ2) is 6.47. The first kappa shape index (κ1) is 13.0. The van der Waals surface area contributed by atoms with E-state index in [2.05, 4.69) is 15.8 Å². The fraction of sp³-hybridized carbons (Fsp3) is 0.857. The van der Waals surface area contributed by atoms with Crippen molar-refractivity contribution in [1.29, 1.82) is 0 Å². The summed E-state index contributed by atoms with van der Waals surface area (Å²) < 4.78 is 39.2. The van der Waals surface area contributed by atoms with Gasteiger partial charge in [0, 0.05) is 13.0 Å². The van der Waals surface area contributed by atoms with Gasteiger partial charge in [0.05, 0.1) is 0 Å². The molecule has 84 valence electrons. The van der Waals surface area contributed by atoms with Gasteiger partial charge in [-0.2, -0.15) is 13.2 Å². The summed E-state index contributed by atoms with van der Waals surface area (Å²) in [6.07, 6.45) is -5.79. The number of rotatable bonds is 6. The molecule has 0 bridgehead atoms. The van der Waals surface area contributed by atoms with Crippen molar-refractivity contribution in [1.82, 2.24) is 5.32 Å². The van der Waals surface area contributed by atoms with Gasteiger partial charge in [-0.05, 0) is 13.0 Å². The number of ether oxygens (including phenoxy) is 1. The van der Waals surface area contributed by atoms with E-state index in [1.54, 1.807) is 0 Å². The van der Waals surface area contributed by atoms with Crippen molar-refractivity contribution < 1.29 is 22.7 Å². The molecule has 0 aliphatic rings. The van der Waals surface area contributed by atoms with Crippen molar-refractivity contribution in [2.24, 2.45) is 5.73 Å². The lowest BCUT2D eigenvalue weighted by atomic mass is 10.3. The van der Waals surface area contributed by atoms with E-state index >= 15 is 0 Å². The van der Waals surface area contributed by atoms with E-state index in [-0.39, 0.29) is 19.6 Å². The monoisotopic (exact) mass is 214 g/mol. The Bertz CT molecular complexity index is 173. The molecule has 0 aromatic carbocycles. The molecular weight excluding hydrogens is 201 g/mol. The molecule has 1 amide bonds. The van der Waals surface area contributed by atoms with Gasteiger partial charge in [-0.15, -0.1) is 0 Å². The van der Waals surface area contributed by atoms with Crippen LogP contribution >= 0.6 is 0 Å². The second-order valence-electron chi connectivity index (χ2n) is 2.64. The molecular formula is C7H13F3N2O2. The van der Waals surface area contributed by atoms with Gasteiger partial charge < -0.3 is 15.8 Å². The number of hydrogen-bond donors (Lipinski definition) is 2. The van der Waals surface area contributed by atoms with Crippen LogP contribution in [0.25, 0.3) is 0 Å². The molecule has 0 aliphatic carbocycles. The van der Waals surface area contributed by atoms with Crippen LogP contribution in [0, 0.1) is 0 Å². The summed E-state index contributed by atoms with van der Waals surface area (Å²) >= 11 is 0. The number of nitrogens with one attached hydrogen (secondary N) is 1. The Balaban J connectivity index is 3.11. The fourth-order valence-electron chi connectivity index (χ4n) is 0.763. The first-order valence-corrected chi connectivity index (χ1v) is 4.11. The largest absolute Gasteiger partial charge is 0.448 e. The zero-order valence-corrected chi connectivity index (χ0v) is 7.56. The van der Waals surface area contributed by atoms with Gasteiger partial charge in [0.15, 0.2) is 0 Å². The average molecular weight is 214 g/mol. The van der Waals surface area contributed by atoms with E-state index in [9.17, 15) is 18.0 Å². The van der Waals surface area contributed by atoms with Crippen LogP contribution in [0.1, 0.15) is 12.8 Å². The van der Waals surface area contributed by atoms with E-state index < -0.39 is 18.7 Å². The number of nitrogens with two attached hydrogens (primary N) is 1. The number of primary amides is 1. The third-order valence-electron chi connectivity index (χ3n) is 1.34. The topological polar surface area (TPSA) is 64.4 Å². The Labute approximate surface area is 79.6 Å². The summed E-state index contributed by atoms with van der Waals surface area (Å²) in [6.45, 7) is 0.615. The quantitative estimate of drug-likeness (QED) is 0.648. The van der Waals surface area contributed by atoms with Crippen LogP contribution < -0.4 is 11.1 Å². The van der Waals surface area contributed by atoms with Gasteiger partial charge in [-0.25, -0.2) is 4.79 Å². The maximum atomic E-state index is 11.6. The number of hydrogen-bond acceptors (Lipinski definition) is 3. The lowest BCUT2D eigenvalue weighted by molar-refractivity contribution is -0.135. The molecule has 0 heterocycles. The number of halogens is 3. The van der Waals surface area contributed by atoms with E-state index in [0.717, 1.165) is 0 Å². The van der Waals surface area contributed by atoms with Gasteiger partial charge in [0.25, 0.3) is 0 Å². The molecule has 0 unspecified atom stereocenters. The minimum atomic E-state index is -4.11. The highest BCUT2D eigenvalue weighted by Crippen LogP contribution is 2.20. The molecule has 0 saturated carbocycles. The van der Waals surface area contributed by atoms with Crippen molar-refractivity contribution in [3.8, 4) is 0 Å². The number of carbonyl (C=O) groups excluding carboxylic acids is 1. The van der Waals surface area contributed by atoms with Gasteiger partial charge in [-0.1, -0.05) is 0 Å². The summed E-state index contributed by atoms with van der Waals surface area (Å²) in [7, 11) is 0. The Morgan fingerprint density at radius 2 is 2.00 bits per heavy atom. The molecule has 0 aromatic heterocycles. The van der Waals surface area contributed by atoms with Gasteiger partial charge >= 0.3 is 12.3 Å². The van der Waals surface area contributed by atoms with E-state index in [1.807, 2.05) is 0 Å². The highest BCUT2D eigenvalue weighted by molar-refractivity contribution is 5.64. The van der Waals surface area contributed by atoms with Crippen LogP contribution in [0.3, 0.4) is 0 Å². The Morgan fingerprint density at radius 3 is 2.50 bits per heavy atom. The second-order valence-corrected chi connectivity index (χ2v) is 2.64. The zero-order valence-electron chi connectivity index (χ0n) is 7.56. The van der Waals surface area contributed by atoms with Crippen LogP contribution in [0.15, 0.2) is 0 Å². The van der Waals surface area contributed by atoms with Gasteiger partial charge in [0.1, 0.15) is 6.61 Å². The predicted molar refractivity (Wildman–Crippen MR) is 43.7 cm³/mol. The molecule has 0 saturated heterocycles. The molecule has 0 aromatic rings. The van der Waals surface area contributed by atoms with E-state index in [0.29, 0.717) is 6.54 Å². The van der Waals surface area contributed by atoms with E-state index in [4.69, 9.17) is 0 Å². The Kier molecular flexibility index (Phi) is 6.02. The number of carbonyl (C=O) groups is 1. The minimum Gasteiger partial charge on any atom is -0.448 e. The van der Waals surface area contributed by atoms with Crippen LogP contribution in [-0.4, -0.2) is 32.0 Å². The maximum absolute atomic E-state index is 11.6. The molecule has 7 heteroatoms. The SMILES string of the molecule is NC(=O)OCCNCCCC(F)(F)F. The first-order valence-electron chi connectivity index (χ1n) is 4.11. The summed E-state index contributed by atoms with van der Waals surface area (Å²) in [5.41, 5.74) is 4.65. The molecule has 4 nitrogen and oxygen atoms in total. The van der Waals surface area contributed by atoms with E-state index in [1.165, 1.54) is 0 Å². The smallest absolute Gasteiger partial charge is 0.404 e. The summed E-state index contributed by atoms with van der Waals surface area (Å²) in [6, 6.07) is 0. The molecule has 0 aliphatic heterocycles. The third kappa shape index (κ3) is 11.0. The van der Waals surface area contributed by atoms with Crippen LogP contribution in [0.5, 0.6) is 0 Å². The molecule has 0 rings (SSSR count). The van der Waals surface area contributed by atoms with Gasteiger partial charge in [0.2, 0.25) is 0 Å². The lowest BCUT2D eigenvalue weighted by Crippen LogP contribution is -2.25. The summed E-state index contributed by atoms with van der Waals surface area (Å²) in [5, 5.41) is 2.68. The standard InChI is InChI=1S/C7H13F3N2O2/c8-7(9,10)2-1-3-12-4-5-14-6(11)13/h12H,1-5H2,(H2,11,13). The summed E-state index contributed by atoms with van der Waals surface area (Å²) in [5.74, 6) is 0.